The molecule has 0 radical (unpaired) electrons. The second-order valence-electron chi connectivity index (χ2n) is 4.09. The highest BCUT2D eigenvalue weighted by atomic mass is 79.9. The van der Waals surface area contributed by atoms with E-state index in [2.05, 4.69) is 20.7 Å². The van der Waals surface area contributed by atoms with E-state index in [0.29, 0.717) is 10.2 Å². The van der Waals surface area contributed by atoms with Crippen molar-refractivity contribution in [1.29, 1.82) is 5.26 Å². The summed E-state index contributed by atoms with van der Waals surface area (Å²) in [6.07, 6.45) is 0. The highest BCUT2D eigenvalue weighted by molar-refractivity contribution is 9.10. The van der Waals surface area contributed by atoms with Crippen LogP contribution in [0.3, 0.4) is 0 Å². The maximum Gasteiger partial charge on any atom is 0.261 e. The van der Waals surface area contributed by atoms with Crippen molar-refractivity contribution in [2.75, 3.05) is 10.5 Å². The summed E-state index contributed by atoms with van der Waals surface area (Å²) >= 11 is 3.14. The first kappa shape index (κ1) is 15.3. The van der Waals surface area contributed by atoms with E-state index < -0.39 is 15.8 Å². The van der Waals surface area contributed by atoms with Crippen LogP contribution in [0.5, 0.6) is 0 Å². The van der Waals surface area contributed by atoms with Gasteiger partial charge >= 0.3 is 0 Å². The Morgan fingerprint density at radius 1 is 1.24 bits per heavy atom. The van der Waals surface area contributed by atoms with Gasteiger partial charge in [0.25, 0.3) is 10.0 Å². The molecule has 0 aliphatic heterocycles. The fourth-order valence-corrected chi connectivity index (χ4v) is 3.21. The molecule has 0 amide bonds. The Labute approximate surface area is 129 Å². The second-order valence-corrected chi connectivity index (χ2v) is 6.63. The number of hydrogen-bond acceptors (Lipinski definition) is 4. The van der Waals surface area contributed by atoms with E-state index in [1.54, 1.807) is 6.07 Å². The third kappa shape index (κ3) is 3.32. The maximum absolute atomic E-state index is 13.0. The molecule has 0 fully saturated rings. The number of nitriles is 1. The van der Waals surface area contributed by atoms with Gasteiger partial charge in [0.2, 0.25) is 0 Å². The lowest BCUT2D eigenvalue weighted by Crippen LogP contribution is -2.14. The normalized spacial score (nSPS) is 10.9. The van der Waals surface area contributed by atoms with Crippen molar-refractivity contribution in [3.63, 3.8) is 0 Å². The number of hydrogen-bond donors (Lipinski definition) is 2. The summed E-state index contributed by atoms with van der Waals surface area (Å²) in [6.45, 7) is 0. The summed E-state index contributed by atoms with van der Waals surface area (Å²) in [7, 11) is -3.91. The molecule has 0 bridgehead atoms. The lowest BCUT2D eigenvalue weighted by Gasteiger charge is -2.10. The van der Waals surface area contributed by atoms with Crippen molar-refractivity contribution in [3.8, 4) is 6.07 Å². The fraction of sp³-hybridized carbons (Fsp3) is 0. The Bertz CT molecular complexity index is 847. The van der Waals surface area contributed by atoms with Crippen molar-refractivity contribution in [3.05, 3.63) is 52.3 Å². The zero-order valence-electron chi connectivity index (χ0n) is 10.5. The Balaban J connectivity index is 2.42. The highest BCUT2D eigenvalue weighted by Gasteiger charge is 2.17. The van der Waals surface area contributed by atoms with Crippen LogP contribution in [0.25, 0.3) is 0 Å². The fourth-order valence-electron chi connectivity index (χ4n) is 1.58. The van der Waals surface area contributed by atoms with E-state index in [0.717, 1.165) is 12.1 Å². The molecule has 3 N–H and O–H groups in total. The van der Waals surface area contributed by atoms with Crippen LogP contribution >= 0.6 is 15.9 Å². The van der Waals surface area contributed by atoms with Gasteiger partial charge in [0.15, 0.2) is 0 Å². The van der Waals surface area contributed by atoms with Gasteiger partial charge in [-0.2, -0.15) is 5.26 Å². The van der Waals surface area contributed by atoms with Crippen LogP contribution < -0.4 is 10.5 Å². The van der Waals surface area contributed by atoms with E-state index >= 15 is 0 Å². The minimum absolute atomic E-state index is 0.00634. The predicted octanol–water partition coefficient (Wildman–Crippen LogP) is 2.84. The number of sulfonamides is 1. The van der Waals surface area contributed by atoms with E-state index in [-0.39, 0.29) is 16.1 Å². The van der Waals surface area contributed by atoms with E-state index in [4.69, 9.17) is 11.0 Å². The van der Waals surface area contributed by atoms with Gasteiger partial charge in [-0.25, -0.2) is 12.8 Å². The SMILES string of the molecule is N#Cc1cc(F)ccc1NS(=O)(=O)c1ccc(N)c(Br)c1. The molecule has 2 aromatic rings. The summed E-state index contributed by atoms with van der Waals surface area (Å²) in [6, 6.07) is 9.06. The Kier molecular flexibility index (Phi) is 4.16. The number of nitrogens with zero attached hydrogens (tertiary/aromatic N) is 1. The zero-order valence-corrected chi connectivity index (χ0v) is 12.9. The molecule has 2 aromatic carbocycles. The number of anilines is 2. The summed E-state index contributed by atoms with van der Waals surface area (Å²) < 4.78 is 40.2. The van der Waals surface area contributed by atoms with E-state index in [1.807, 2.05) is 0 Å². The van der Waals surface area contributed by atoms with Crippen molar-refractivity contribution < 1.29 is 12.8 Å². The van der Waals surface area contributed by atoms with Gasteiger partial charge in [0.05, 0.1) is 16.1 Å². The van der Waals surface area contributed by atoms with Crippen molar-refractivity contribution >= 4 is 37.3 Å². The van der Waals surface area contributed by atoms with E-state index in [9.17, 15) is 12.8 Å². The van der Waals surface area contributed by atoms with Crippen LogP contribution in [0, 0.1) is 17.1 Å². The number of nitrogens with one attached hydrogen (secondary N) is 1. The van der Waals surface area contributed by atoms with Gasteiger partial charge in [0, 0.05) is 10.2 Å². The van der Waals surface area contributed by atoms with Crippen molar-refractivity contribution in [1.82, 2.24) is 0 Å². The van der Waals surface area contributed by atoms with Crippen LogP contribution in [0.15, 0.2) is 45.8 Å². The molecule has 2 rings (SSSR count). The van der Waals surface area contributed by atoms with Gasteiger partial charge in [-0.3, -0.25) is 4.72 Å². The summed E-state index contributed by atoms with van der Waals surface area (Å²) in [5.41, 5.74) is 5.90. The van der Waals surface area contributed by atoms with Crippen LogP contribution in [-0.4, -0.2) is 8.42 Å². The first-order valence-electron chi connectivity index (χ1n) is 5.61. The molecule has 0 heterocycles. The lowest BCUT2D eigenvalue weighted by atomic mass is 10.2. The van der Waals surface area contributed by atoms with Gasteiger partial charge in [-0.1, -0.05) is 0 Å². The minimum Gasteiger partial charge on any atom is -0.398 e. The molecule has 0 spiro atoms. The van der Waals surface area contributed by atoms with Crippen molar-refractivity contribution in [2.24, 2.45) is 0 Å². The number of halogens is 2. The number of nitrogens with two attached hydrogens (primary N) is 1. The van der Waals surface area contributed by atoms with Gasteiger partial charge < -0.3 is 5.73 Å². The topological polar surface area (TPSA) is 96.0 Å². The monoisotopic (exact) mass is 369 g/mol. The average Bonchev–Trinajstić information content (AvgIpc) is 2.43. The summed E-state index contributed by atoms with van der Waals surface area (Å²) in [5.74, 6) is -0.621. The molecule has 0 saturated carbocycles. The largest absolute Gasteiger partial charge is 0.398 e. The molecule has 0 aliphatic rings. The molecule has 5 nitrogen and oxygen atoms in total. The molecular formula is C13H9BrFN3O2S. The lowest BCUT2D eigenvalue weighted by molar-refractivity contribution is 0.601. The minimum atomic E-state index is -3.91. The Hall–Kier alpha value is -2.11. The van der Waals surface area contributed by atoms with E-state index in [1.165, 1.54) is 24.3 Å². The van der Waals surface area contributed by atoms with Gasteiger partial charge in [-0.15, -0.1) is 0 Å². The molecule has 8 heteroatoms. The molecule has 0 aliphatic carbocycles. The number of rotatable bonds is 3. The summed E-state index contributed by atoms with van der Waals surface area (Å²) in [4.78, 5) is -0.0308. The number of benzene rings is 2. The Morgan fingerprint density at radius 3 is 2.57 bits per heavy atom. The number of nitrogen functional groups attached to an aromatic ring is 1. The first-order chi connectivity index (χ1) is 9.83. The summed E-state index contributed by atoms with van der Waals surface area (Å²) in [5, 5.41) is 8.92. The van der Waals surface area contributed by atoms with Crippen LogP contribution in [0.1, 0.15) is 5.56 Å². The van der Waals surface area contributed by atoms with Crippen molar-refractivity contribution in [2.45, 2.75) is 4.90 Å². The average molecular weight is 370 g/mol. The third-order valence-electron chi connectivity index (χ3n) is 2.63. The smallest absolute Gasteiger partial charge is 0.261 e. The maximum atomic E-state index is 13.0. The molecule has 108 valence electrons. The molecule has 0 saturated heterocycles. The zero-order chi connectivity index (χ0) is 15.6. The van der Waals surface area contributed by atoms with Gasteiger partial charge in [0.1, 0.15) is 11.9 Å². The molecule has 21 heavy (non-hydrogen) atoms. The van der Waals surface area contributed by atoms with Crippen LogP contribution in [0.2, 0.25) is 0 Å². The molecule has 0 atom stereocenters. The molecule has 0 unspecified atom stereocenters. The highest BCUT2D eigenvalue weighted by Crippen LogP contribution is 2.25. The standard InChI is InChI=1S/C13H9BrFN3O2S/c14-11-6-10(2-3-12(11)17)21(19,20)18-13-4-1-9(15)5-8(13)7-16/h1-6,18H,17H2. The molecular weight excluding hydrogens is 361 g/mol. The quantitative estimate of drug-likeness (QED) is 0.812. The first-order valence-corrected chi connectivity index (χ1v) is 7.88. The third-order valence-corrected chi connectivity index (χ3v) is 4.68. The van der Waals surface area contributed by atoms with Gasteiger partial charge in [-0.05, 0) is 52.3 Å². The van der Waals surface area contributed by atoms with Crippen LogP contribution in [0.4, 0.5) is 15.8 Å². The van der Waals surface area contributed by atoms with Crippen LogP contribution in [-0.2, 0) is 10.0 Å². The second kappa shape index (κ2) is 5.71. The Morgan fingerprint density at radius 2 is 1.95 bits per heavy atom. The predicted molar refractivity (Wildman–Crippen MR) is 80.5 cm³/mol. The molecule has 0 aromatic heterocycles.